The molecule has 146 valence electrons. The highest BCUT2D eigenvalue weighted by atomic mass is 32.1. The van der Waals surface area contributed by atoms with Gasteiger partial charge in [-0.3, -0.25) is 9.59 Å². The molecule has 1 aliphatic rings. The molecule has 3 heterocycles. The van der Waals surface area contributed by atoms with Crippen LogP contribution in [-0.4, -0.2) is 33.0 Å². The molecule has 0 N–H and O–H groups in total. The minimum Gasteiger partial charge on any atom is -0.337 e. The third kappa shape index (κ3) is 3.31. The number of benzene rings is 2. The van der Waals surface area contributed by atoms with E-state index in [1.54, 1.807) is 6.07 Å². The number of anilines is 1. The highest BCUT2D eigenvalue weighted by Gasteiger charge is 2.32. The van der Waals surface area contributed by atoms with Gasteiger partial charge in [0.1, 0.15) is 0 Å². The van der Waals surface area contributed by atoms with Crippen molar-refractivity contribution in [3.63, 3.8) is 0 Å². The molecule has 0 saturated carbocycles. The number of Topliss-reactive ketones (excluding diaryl/α,β-unsaturated/α-hetero) is 1. The Morgan fingerprint density at radius 3 is 2.76 bits per heavy atom. The van der Waals surface area contributed by atoms with Crippen LogP contribution in [0.1, 0.15) is 24.8 Å². The number of fused-ring (bicyclic) bond motifs is 2. The number of carbonyl (C=O) groups is 1. The zero-order chi connectivity index (χ0) is 19.8. The van der Waals surface area contributed by atoms with Gasteiger partial charge in [-0.15, -0.1) is 5.10 Å². The zero-order valence-electron chi connectivity index (χ0n) is 15.8. The molecule has 4 aromatic rings. The minimum atomic E-state index is -0.176. The van der Waals surface area contributed by atoms with E-state index in [1.165, 1.54) is 21.4 Å². The Bertz CT molecular complexity index is 1250. The predicted molar refractivity (Wildman–Crippen MR) is 115 cm³/mol. The summed E-state index contributed by atoms with van der Waals surface area (Å²) in [6.07, 6.45) is 3.03. The van der Waals surface area contributed by atoms with Crippen LogP contribution >= 0.6 is 11.3 Å². The first kappa shape index (κ1) is 18.0. The van der Waals surface area contributed by atoms with Gasteiger partial charge in [0.2, 0.25) is 10.1 Å². The number of carbonyl (C=O) groups excluding carboxylic acids is 1. The van der Waals surface area contributed by atoms with Crippen LogP contribution in [0.2, 0.25) is 0 Å². The third-order valence-electron chi connectivity index (χ3n) is 5.47. The molecule has 0 radical (unpaired) electrons. The average Bonchev–Trinajstić information content (AvgIpc) is 3.40. The smallest absolute Gasteiger partial charge is 0.283 e. The van der Waals surface area contributed by atoms with Gasteiger partial charge in [0.15, 0.2) is 5.78 Å². The van der Waals surface area contributed by atoms with Crippen molar-refractivity contribution in [2.24, 2.45) is 0 Å². The fourth-order valence-corrected chi connectivity index (χ4v) is 4.95. The van der Waals surface area contributed by atoms with Gasteiger partial charge in [-0.2, -0.15) is 4.52 Å². The summed E-state index contributed by atoms with van der Waals surface area (Å²) in [5.41, 5.74) is 1.68. The van der Waals surface area contributed by atoms with Gasteiger partial charge < -0.3 is 4.90 Å². The van der Waals surface area contributed by atoms with E-state index in [0.717, 1.165) is 25.8 Å². The van der Waals surface area contributed by atoms with E-state index in [4.69, 9.17) is 0 Å². The lowest BCUT2D eigenvalue weighted by Gasteiger charge is -2.22. The summed E-state index contributed by atoms with van der Waals surface area (Å²) in [6, 6.07) is 17.2. The Kier molecular flexibility index (Phi) is 4.60. The predicted octanol–water partition coefficient (Wildman–Crippen LogP) is 3.47. The van der Waals surface area contributed by atoms with E-state index in [2.05, 4.69) is 27.1 Å². The van der Waals surface area contributed by atoms with Crippen LogP contribution in [0.15, 0.2) is 59.4 Å². The number of aryl methyl sites for hydroxylation is 1. The zero-order valence-corrected chi connectivity index (χ0v) is 16.6. The van der Waals surface area contributed by atoms with Gasteiger partial charge in [-0.05, 0) is 37.0 Å². The molecule has 2 aromatic carbocycles. The maximum atomic E-state index is 12.9. The molecule has 0 unspecified atom stereocenters. The molecular weight excluding hydrogens is 384 g/mol. The molecule has 1 fully saturated rings. The van der Waals surface area contributed by atoms with Gasteiger partial charge in [0, 0.05) is 13.0 Å². The van der Waals surface area contributed by atoms with E-state index in [9.17, 15) is 9.59 Å². The molecule has 1 saturated heterocycles. The van der Waals surface area contributed by atoms with Crippen molar-refractivity contribution in [1.29, 1.82) is 0 Å². The Hall–Kier alpha value is -3.06. The van der Waals surface area contributed by atoms with Crippen molar-refractivity contribution in [3.8, 4) is 0 Å². The van der Waals surface area contributed by atoms with Crippen molar-refractivity contribution in [1.82, 2.24) is 14.6 Å². The number of nitrogens with zero attached hydrogens (tertiary/aromatic N) is 4. The Morgan fingerprint density at radius 2 is 1.90 bits per heavy atom. The highest BCUT2D eigenvalue weighted by molar-refractivity contribution is 7.20. The van der Waals surface area contributed by atoms with Crippen LogP contribution in [0.25, 0.3) is 15.9 Å². The Balaban J connectivity index is 1.42. The molecular formula is C22H20N4O2S. The standard InChI is InChI=1S/C22H20N4O2S/c27-19(13-12-15-7-2-1-3-8-15)18-11-6-14-25(18)22-24-26-20(28)16-9-4-5-10-17(16)23-21(26)29-22/h1-5,7-10,18H,6,11-14H2/t18-/m1/s1. The normalized spacial score (nSPS) is 16.7. The monoisotopic (exact) mass is 404 g/mol. The summed E-state index contributed by atoms with van der Waals surface area (Å²) in [4.78, 5) is 32.9. The topological polar surface area (TPSA) is 67.6 Å². The van der Waals surface area contributed by atoms with Crippen LogP contribution in [0.3, 0.4) is 0 Å². The van der Waals surface area contributed by atoms with Gasteiger partial charge in [-0.25, -0.2) is 4.98 Å². The van der Waals surface area contributed by atoms with Crippen molar-refractivity contribution in [3.05, 3.63) is 70.5 Å². The number of rotatable bonds is 5. The van der Waals surface area contributed by atoms with Crippen molar-refractivity contribution in [2.45, 2.75) is 31.7 Å². The summed E-state index contributed by atoms with van der Waals surface area (Å²) < 4.78 is 1.37. The molecule has 0 spiro atoms. The third-order valence-corrected chi connectivity index (χ3v) is 6.41. The van der Waals surface area contributed by atoms with Crippen LogP contribution in [0.4, 0.5) is 5.13 Å². The molecule has 1 atom stereocenters. The number of ketones is 1. The molecule has 0 amide bonds. The summed E-state index contributed by atoms with van der Waals surface area (Å²) in [5, 5.41) is 5.78. The molecule has 0 bridgehead atoms. The van der Waals surface area contributed by atoms with Crippen LogP contribution in [0.5, 0.6) is 0 Å². The van der Waals surface area contributed by atoms with E-state index < -0.39 is 0 Å². The Labute approximate surface area is 171 Å². The second-order valence-corrected chi connectivity index (χ2v) is 8.25. The lowest BCUT2D eigenvalue weighted by Crippen LogP contribution is -2.36. The van der Waals surface area contributed by atoms with E-state index in [-0.39, 0.29) is 17.4 Å². The first-order valence-corrected chi connectivity index (χ1v) is 10.6. The fraction of sp³-hybridized carbons (Fsp3) is 0.273. The number of hydrogen-bond donors (Lipinski definition) is 0. The molecule has 0 aliphatic carbocycles. The molecule has 5 rings (SSSR count). The largest absolute Gasteiger partial charge is 0.337 e. The van der Waals surface area contributed by atoms with Crippen LogP contribution < -0.4 is 10.5 Å². The van der Waals surface area contributed by atoms with E-state index in [0.29, 0.717) is 27.4 Å². The first-order chi connectivity index (χ1) is 14.2. The molecule has 7 heteroatoms. The second-order valence-electron chi connectivity index (χ2n) is 7.32. The van der Waals surface area contributed by atoms with E-state index >= 15 is 0 Å². The van der Waals surface area contributed by atoms with E-state index in [1.807, 2.05) is 36.4 Å². The highest BCUT2D eigenvalue weighted by Crippen LogP contribution is 2.30. The van der Waals surface area contributed by atoms with Gasteiger partial charge in [-0.1, -0.05) is 53.8 Å². The molecule has 29 heavy (non-hydrogen) atoms. The fourth-order valence-electron chi connectivity index (χ4n) is 3.97. The van der Waals surface area contributed by atoms with Gasteiger partial charge in [0.25, 0.3) is 5.56 Å². The maximum absolute atomic E-state index is 12.9. The first-order valence-electron chi connectivity index (χ1n) is 9.82. The summed E-state index contributed by atoms with van der Waals surface area (Å²) in [7, 11) is 0. The van der Waals surface area contributed by atoms with Gasteiger partial charge >= 0.3 is 0 Å². The maximum Gasteiger partial charge on any atom is 0.283 e. The Morgan fingerprint density at radius 1 is 1.10 bits per heavy atom. The van der Waals surface area contributed by atoms with Crippen LogP contribution in [-0.2, 0) is 11.2 Å². The average molecular weight is 404 g/mol. The summed E-state index contributed by atoms with van der Waals surface area (Å²) >= 11 is 1.37. The number of hydrogen-bond acceptors (Lipinski definition) is 6. The SMILES string of the molecule is O=C(CCc1ccccc1)[C@H]1CCCN1c1nn2c(=O)c3ccccc3nc2s1. The van der Waals surface area contributed by atoms with Crippen molar-refractivity contribution in [2.75, 3.05) is 11.4 Å². The lowest BCUT2D eigenvalue weighted by molar-refractivity contribution is -0.120. The lowest BCUT2D eigenvalue weighted by atomic mass is 10.0. The number of aromatic nitrogens is 3. The molecule has 6 nitrogen and oxygen atoms in total. The number of para-hydroxylation sites is 1. The quantitative estimate of drug-likeness (QED) is 0.509. The summed E-state index contributed by atoms with van der Waals surface area (Å²) in [5.74, 6) is 0.232. The van der Waals surface area contributed by atoms with Crippen LogP contribution in [0, 0.1) is 0 Å². The second kappa shape index (κ2) is 7.40. The van der Waals surface area contributed by atoms with Crippen molar-refractivity contribution >= 4 is 38.1 Å². The minimum absolute atomic E-state index is 0.167. The van der Waals surface area contributed by atoms with Crippen molar-refractivity contribution < 1.29 is 4.79 Å². The molecule has 2 aromatic heterocycles. The molecule has 1 aliphatic heterocycles. The summed E-state index contributed by atoms with van der Waals surface area (Å²) in [6.45, 7) is 0.774. The van der Waals surface area contributed by atoms with Gasteiger partial charge in [0.05, 0.1) is 16.9 Å².